The van der Waals surface area contributed by atoms with Crippen LogP contribution in [0.25, 0.3) is 11.3 Å². The number of anilines is 2. The molecule has 0 spiro atoms. The predicted octanol–water partition coefficient (Wildman–Crippen LogP) is 5.24. The minimum atomic E-state index is 0.166. The van der Waals surface area contributed by atoms with Gasteiger partial charge in [-0.3, -0.25) is 0 Å². The fourth-order valence-corrected chi connectivity index (χ4v) is 5.62. The number of hydrogen-bond acceptors (Lipinski definition) is 6. The SMILES string of the molecule is C=C1c2ccccc2CCCCCN(C)c2cc(NCCC(C)N)nc3cc(nn23)C2CCCCN12. The van der Waals surface area contributed by atoms with Crippen LogP contribution < -0.4 is 16.0 Å². The van der Waals surface area contributed by atoms with E-state index in [4.69, 9.17) is 15.8 Å². The Morgan fingerprint density at radius 2 is 1.94 bits per heavy atom. The molecular formula is C29H41N7. The average Bonchev–Trinajstić information content (AvgIpc) is 3.31. The molecule has 7 nitrogen and oxygen atoms in total. The van der Waals surface area contributed by atoms with Gasteiger partial charge in [0.05, 0.1) is 11.7 Å². The number of nitrogens with zero attached hydrogens (tertiary/aromatic N) is 5. The van der Waals surface area contributed by atoms with Crippen molar-refractivity contribution in [2.75, 3.05) is 36.9 Å². The molecule has 0 radical (unpaired) electrons. The normalized spacial score (nSPS) is 20.0. The molecule has 1 saturated heterocycles. The van der Waals surface area contributed by atoms with Crippen LogP contribution >= 0.6 is 0 Å². The second-order valence-corrected chi connectivity index (χ2v) is 10.6. The lowest BCUT2D eigenvalue weighted by atomic mass is 9.94. The number of benzene rings is 1. The Kier molecular flexibility index (Phi) is 7.46. The van der Waals surface area contributed by atoms with Gasteiger partial charge in [-0.1, -0.05) is 37.3 Å². The maximum atomic E-state index is 5.97. The lowest BCUT2D eigenvalue weighted by Gasteiger charge is -2.38. The highest BCUT2D eigenvalue weighted by Crippen LogP contribution is 2.38. The first-order chi connectivity index (χ1) is 17.5. The lowest BCUT2D eigenvalue weighted by Crippen LogP contribution is -2.32. The van der Waals surface area contributed by atoms with Crippen LogP contribution in [0, 0.1) is 0 Å². The third-order valence-electron chi connectivity index (χ3n) is 7.68. The van der Waals surface area contributed by atoms with E-state index in [9.17, 15) is 0 Å². The van der Waals surface area contributed by atoms with Crippen LogP contribution in [0.2, 0.25) is 0 Å². The van der Waals surface area contributed by atoms with Crippen LogP contribution in [0.15, 0.2) is 43.0 Å². The molecule has 0 aliphatic carbocycles. The van der Waals surface area contributed by atoms with Crippen molar-refractivity contribution in [1.29, 1.82) is 0 Å². The van der Waals surface area contributed by atoms with E-state index in [2.05, 4.69) is 65.1 Å². The second kappa shape index (κ2) is 10.9. The molecule has 2 unspecified atom stereocenters. The Hall–Kier alpha value is -3.06. The molecule has 0 amide bonds. The minimum Gasteiger partial charge on any atom is -0.370 e. The van der Waals surface area contributed by atoms with Crippen molar-refractivity contribution >= 4 is 23.0 Å². The summed E-state index contributed by atoms with van der Waals surface area (Å²) in [6.07, 6.45) is 8.98. The average molecular weight is 488 g/mol. The van der Waals surface area contributed by atoms with Gasteiger partial charge in [0.25, 0.3) is 0 Å². The van der Waals surface area contributed by atoms with E-state index in [1.165, 1.54) is 36.8 Å². The molecule has 7 heteroatoms. The van der Waals surface area contributed by atoms with Crippen LogP contribution in [-0.4, -0.2) is 52.2 Å². The number of aromatic nitrogens is 3. The van der Waals surface area contributed by atoms with Gasteiger partial charge in [-0.25, -0.2) is 4.98 Å². The molecular weight excluding hydrogens is 446 g/mol. The molecule has 2 bridgehead atoms. The molecule has 36 heavy (non-hydrogen) atoms. The van der Waals surface area contributed by atoms with Crippen LogP contribution in [0.5, 0.6) is 0 Å². The Balaban J connectivity index is 1.56. The molecule has 0 saturated carbocycles. The molecule has 2 aliphatic rings. The van der Waals surface area contributed by atoms with Gasteiger partial charge in [-0.05, 0) is 57.4 Å². The summed E-state index contributed by atoms with van der Waals surface area (Å²) in [6.45, 7) is 9.46. The van der Waals surface area contributed by atoms with E-state index in [1.807, 2.05) is 11.4 Å². The van der Waals surface area contributed by atoms with Gasteiger partial charge in [-0.2, -0.15) is 9.61 Å². The van der Waals surface area contributed by atoms with Crippen molar-refractivity contribution in [3.8, 4) is 0 Å². The summed E-state index contributed by atoms with van der Waals surface area (Å²) < 4.78 is 2.04. The van der Waals surface area contributed by atoms with Crippen molar-refractivity contribution < 1.29 is 0 Å². The van der Waals surface area contributed by atoms with Gasteiger partial charge in [0, 0.05) is 56.1 Å². The van der Waals surface area contributed by atoms with E-state index in [0.29, 0.717) is 0 Å². The lowest BCUT2D eigenvalue weighted by molar-refractivity contribution is 0.226. The maximum Gasteiger partial charge on any atom is 0.160 e. The Morgan fingerprint density at radius 3 is 2.81 bits per heavy atom. The number of nitrogens with two attached hydrogens (primary N) is 1. The van der Waals surface area contributed by atoms with Crippen LogP contribution in [-0.2, 0) is 6.42 Å². The summed E-state index contributed by atoms with van der Waals surface area (Å²) in [7, 11) is 2.17. The van der Waals surface area contributed by atoms with Crippen LogP contribution in [0.4, 0.5) is 11.6 Å². The number of hydrogen-bond donors (Lipinski definition) is 2. The van der Waals surface area contributed by atoms with Crippen molar-refractivity contribution in [2.45, 2.75) is 70.4 Å². The molecule has 3 aromatic rings. The standard InChI is InChI=1S/C29H41N7/c1-21(30)15-16-31-27-20-29-34(3)17-9-4-5-11-23-12-6-7-13-24(23)22(2)35-18-10-8-14-26(35)25-19-28(32-27)36(29)33-25/h6-7,12-13,19-21,26H,2,4-5,8-11,14-18,30H2,1,3H3,(H,31,32). The molecule has 2 atom stereocenters. The zero-order chi connectivity index (χ0) is 25.1. The second-order valence-electron chi connectivity index (χ2n) is 10.6. The van der Waals surface area contributed by atoms with Gasteiger partial charge in [0.1, 0.15) is 11.6 Å². The smallest absolute Gasteiger partial charge is 0.160 e. The molecule has 2 aliphatic heterocycles. The zero-order valence-electron chi connectivity index (χ0n) is 21.9. The van der Waals surface area contributed by atoms with Crippen LogP contribution in [0.1, 0.15) is 74.7 Å². The van der Waals surface area contributed by atoms with Crippen molar-refractivity contribution in [1.82, 2.24) is 19.5 Å². The summed E-state index contributed by atoms with van der Waals surface area (Å²) in [5.74, 6) is 1.96. The van der Waals surface area contributed by atoms with Crippen molar-refractivity contribution in [3.63, 3.8) is 0 Å². The molecule has 1 aromatic carbocycles. The molecule has 2 aromatic heterocycles. The van der Waals surface area contributed by atoms with E-state index >= 15 is 0 Å². The summed E-state index contributed by atoms with van der Waals surface area (Å²) >= 11 is 0. The van der Waals surface area contributed by atoms with Gasteiger partial charge >= 0.3 is 0 Å². The Labute approximate surface area is 215 Å². The molecule has 192 valence electrons. The highest BCUT2D eigenvalue weighted by Gasteiger charge is 2.29. The largest absolute Gasteiger partial charge is 0.370 e. The zero-order valence-corrected chi connectivity index (χ0v) is 21.9. The third kappa shape index (κ3) is 5.21. The van der Waals surface area contributed by atoms with E-state index in [0.717, 1.165) is 74.0 Å². The topological polar surface area (TPSA) is 74.7 Å². The van der Waals surface area contributed by atoms with Gasteiger partial charge in [0.2, 0.25) is 0 Å². The Morgan fingerprint density at radius 1 is 1.11 bits per heavy atom. The van der Waals surface area contributed by atoms with E-state index in [1.54, 1.807) is 0 Å². The van der Waals surface area contributed by atoms with Crippen molar-refractivity contribution in [3.05, 3.63) is 59.8 Å². The number of rotatable bonds is 4. The first kappa shape index (κ1) is 24.6. The number of fused-ring (bicyclic) bond motifs is 4. The molecule has 5 rings (SSSR count). The molecule has 1 fully saturated rings. The highest BCUT2D eigenvalue weighted by atomic mass is 15.4. The quantitative estimate of drug-likeness (QED) is 0.524. The van der Waals surface area contributed by atoms with Crippen LogP contribution in [0.3, 0.4) is 0 Å². The van der Waals surface area contributed by atoms with Gasteiger partial charge in [-0.15, -0.1) is 0 Å². The minimum absolute atomic E-state index is 0.166. The van der Waals surface area contributed by atoms with E-state index < -0.39 is 0 Å². The highest BCUT2D eigenvalue weighted by molar-refractivity contribution is 5.66. The molecule has 3 N–H and O–H groups in total. The monoisotopic (exact) mass is 487 g/mol. The number of aryl methyl sites for hydroxylation is 1. The predicted molar refractivity (Wildman–Crippen MR) is 149 cm³/mol. The summed E-state index contributed by atoms with van der Waals surface area (Å²) in [5.41, 5.74) is 11.8. The first-order valence-electron chi connectivity index (χ1n) is 13.7. The summed E-state index contributed by atoms with van der Waals surface area (Å²) in [4.78, 5) is 9.77. The maximum absolute atomic E-state index is 5.97. The Bertz CT molecular complexity index is 1200. The summed E-state index contributed by atoms with van der Waals surface area (Å²) in [6, 6.07) is 13.5. The molecule has 4 heterocycles. The fourth-order valence-electron chi connectivity index (χ4n) is 5.62. The number of piperidine rings is 1. The number of nitrogens with one attached hydrogen (secondary N) is 1. The fraction of sp³-hybridized carbons (Fsp3) is 0.517. The van der Waals surface area contributed by atoms with Gasteiger partial charge in [0.15, 0.2) is 5.65 Å². The van der Waals surface area contributed by atoms with E-state index in [-0.39, 0.29) is 12.1 Å². The van der Waals surface area contributed by atoms with Gasteiger partial charge < -0.3 is 20.9 Å². The van der Waals surface area contributed by atoms with Crippen molar-refractivity contribution in [2.24, 2.45) is 5.73 Å². The summed E-state index contributed by atoms with van der Waals surface area (Å²) in [5, 5.41) is 8.65. The first-order valence-corrected chi connectivity index (χ1v) is 13.7. The third-order valence-corrected chi connectivity index (χ3v) is 7.68.